The molecule has 1 aliphatic carbocycles. The third-order valence-corrected chi connectivity index (χ3v) is 5.58. The van der Waals surface area contributed by atoms with Crippen molar-refractivity contribution in [2.75, 3.05) is 26.6 Å². The molecule has 0 radical (unpaired) electrons. The Labute approximate surface area is 192 Å². The molecule has 1 saturated carbocycles. The van der Waals surface area contributed by atoms with Gasteiger partial charge < -0.3 is 19.5 Å². The van der Waals surface area contributed by atoms with Gasteiger partial charge in [-0.3, -0.25) is 25.2 Å². The molecule has 1 aliphatic rings. The Hall–Kier alpha value is -3.75. The minimum atomic E-state index is -0.565. The van der Waals surface area contributed by atoms with E-state index < -0.39 is 11.8 Å². The summed E-state index contributed by atoms with van der Waals surface area (Å²) in [6.45, 7) is 0. The summed E-state index contributed by atoms with van der Waals surface area (Å²) in [6.07, 6.45) is 5.07. The van der Waals surface area contributed by atoms with Crippen molar-refractivity contribution in [3.8, 4) is 17.2 Å². The predicted octanol–water partition coefficient (Wildman–Crippen LogP) is 3.31. The molecule has 0 bridgehead atoms. The number of carbonyl (C=O) groups excluding carboxylic acids is 3. The summed E-state index contributed by atoms with van der Waals surface area (Å²) in [4.78, 5) is 37.6. The molecule has 1 fully saturated rings. The molecule has 2 aromatic rings. The van der Waals surface area contributed by atoms with Gasteiger partial charge in [-0.15, -0.1) is 0 Å². The van der Waals surface area contributed by atoms with E-state index in [1.807, 2.05) is 0 Å². The van der Waals surface area contributed by atoms with E-state index in [9.17, 15) is 14.4 Å². The highest BCUT2D eigenvalue weighted by atomic mass is 16.5. The minimum Gasteiger partial charge on any atom is -0.493 e. The molecule has 0 spiro atoms. The second-order valence-corrected chi connectivity index (χ2v) is 7.73. The van der Waals surface area contributed by atoms with Gasteiger partial charge in [-0.25, -0.2) is 0 Å². The molecular weight excluding hydrogens is 426 g/mol. The number of hydrazine groups is 1. The smallest absolute Gasteiger partial charge is 0.269 e. The third kappa shape index (κ3) is 5.94. The number of nitrogens with one attached hydrogen (secondary N) is 3. The lowest BCUT2D eigenvalue weighted by molar-refractivity contribution is -0.120. The second-order valence-electron chi connectivity index (χ2n) is 7.73. The highest BCUT2D eigenvalue weighted by Gasteiger charge is 2.21. The molecule has 0 heterocycles. The van der Waals surface area contributed by atoms with E-state index in [1.54, 1.807) is 24.3 Å². The van der Waals surface area contributed by atoms with Crippen LogP contribution in [0.1, 0.15) is 52.8 Å². The second kappa shape index (κ2) is 11.2. The van der Waals surface area contributed by atoms with Gasteiger partial charge in [0.2, 0.25) is 11.7 Å². The van der Waals surface area contributed by atoms with Crippen molar-refractivity contribution in [2.45, 2.75) is 32.1 Å². The lowest BCUT2D eigenvalue weighted by atomic mass is 9.88. The zero-order chi connectivity index (χ0) is 23.8. The predicted molar refractivity (Wildman–Crippen MR) is 123 cm³/mol. The van der Waals surface area contributed by atoms with Crippen molar-refractivity contribution >= 4 is 23.4 Å². The molecule has 0 aliphatic heterocycles. The Kier molecular flexibility index (Phi) is 8.12. The molecule has 9 heteroatoms. The summed E-state index contributed by atoms with van der Waals surface area (Å²) in [5, 5.41) is 2.89. The number of anilines is 1. The van der Waals surface area contributed by atoms with Crippen LogP contribution in [0.3, 0.4) is 0 Å². The number of rotatable bonds is 7. The van der Waals surface area contributed by atoms with E-state index in [4.69, 9.17) is 14.2 Å². The number of hydrogen-bond acceptors (Lipinski definition) is 6. The average Bonchev–Trinajstić information content (AvgIpc) is 2.86. The van der Waals surface area contributed by atoms with Crippen molar-refractivity contribution in [3.63, 3.8) is 0 Å². The van der Waals surface area contributed by atoms with Crippen molar-refractivity contribution in [3.05, 3.63) is 47.5 Å². The zero-order valence-electron chi connectivity index (χ0n) is 19.0. The first-order valence-electron chi connectivity index (χ1n) is 10.8. The Balaban J connectivity index is 1.63. The van der Waals surface area contributed by atoms with Crippen LogP contribution in [0.25, 0.3) is 0 Å². The fourth-order valence-corrected chi connectivity index (χ4v) is 3.82. The fraction of sp³-hybridized carbons (Fsp3) is 0.375. The summed E-state index contributed by atoms with van der Waals surface area (Å²) in [5.41, 5.74) is 5.79. The van der Waals surface area contributed by atoms with Gasteiger partial charge in [0.1, 0.15) is 0 Å². The topological polar surface area (TPSA) is 115 Å². The number of ether oxygens (including phenoxy) is 3. The molecule has 0 aromatic heterocycles. The van der Waals surface area contributed by atoms with E-state index >= 15 is 0 Å². The van der Waals surface area contributed by atoms with E-state index in [2.05, 4.69) is 16.2 Å². The summed E-state index contributed by atoms with van der Waals surface area (Å²) in [6, 6.07) is 9.52. The maximum absolute atomic E-state index is 12.6. The molecule has 176 valence electrons. The van der Waals surface area contributed by atoms with E-state index in [1.165, 1.54) is 39.9 Å². The normalized spacial score (nSPS) is 13.5. The number of methoxy groups -OCH3 is 3. The Morgan fingerprint density at radius 3 is 1.97 bits per heavy atom. The van der Waals surface area contributed by atoms with Crippen molar-refractivity contribution in [2.24, 2.45) is 5.92 Å². The van der Waals surface area contributed by atoms with Gasteiger partial charge in [0, 0.05) is 22.7 Å². The van der Waals surface area contributed by atoms with Crippen LogP contribution in [0.4, 0.5) is 5.69 Å². The third-order valence-electron chi connectivity index (χ3n) is 5.58. The molecule has 0 saturated heterocycles. The Morgan fingerprint density at radius 2 is 1.39 bits per heavy atom. The first-order valence-corrected chi connectivity index (χ1v) is 10.8. The van der Waals surface area contributed by atoms with Gasteiger partial charge in [0.25, 0.3) is 11.8 Å². The molecule has 2 aromatic carbocycles. The average molecular weight is 456 g/mol. The van der Waals surface area contributed by atoms with Gasteiger partial charge in [-0.05, 0) is 43.2 Å². The van der Waals surface area contributed by atoms with E-state index in [0.29, 0.717) is 28.5 Å². The number of amides is 3. The van der Waals surface area contributed by atoms with Crippen LogP contribution in [-0.4, -0.2) is 39.1 Å². The van der Waals surface area contributed by atoms with Gasteiger partial charge in [0.05, 0.1) is 21.3 Å². The van der Waals surface area contributed by atoms with Crippen LogP contribution < -0.4 is 30.4 Å². The molecular formula is C24H29N3O6. The minimum absolute atomic E-state index is 0.00833. The van der Waals surface area contributed by atoms with Crippen LogP contribution >= 0.6 is 0 Å². The van der Waals surface area contributed by atoms with Gasteiger partial charge >= 0.3 is 0 Å². The standard InChI is InChI=1S/C24H29N3O6/c1-31-19-13-17(14-20(32-2)21(19)33-3)24(30)27-26-23(29)16-10-7-11-18(12-16)25-22(28)15-8-5-4-6-9-15/h7,10-15H,4-6,8-9H2,1-3H3,(H,25,28)(H,26,29)(H,27,30). The number of hydrogen-bond donors (Lipinski definition) is 3. The van der Waals surface area contributed by atoms with Crippen LogP contribution in [0, 0.1) is 5.92 Å². The quantitative estimate of drug-likeness (QED) is 0.552. The maximum atomic E-state index is 12.6. The van der Waals surface area contributed by atoms with Crippen LogP contribution in [-0.2, 0) is 4.79 Å². The lowest BCUT2D eigenvalue weighted by Gasteiger charge is -2.20. The molecule has 0 unspecified atom stereocenters. The highest BCUT2D eigenvalue weighted by Crippen LogP contribution is 2.38. The van der Waals surface area contributed by atoms with E-state index in [0.717, 1.165) is 25.7 Å². The fourth-order valence-electron chi connectivity index (χ4n) is 3.82. The van der Waals surface area contributed by atoms with Crippen LogP contribution in [0.15, 0.2) is 36.4 Å². The summed E-state index contributed by atoms with van der Waals surface area (Å²) >= 11 is 0. The SMILES string of the molecule is COc1cc(C(=O)NNC(=O)c2cccc(NC(=O)C3CCCCC3)c2)cc(OC)c1OC. The molecule has 3 rings (SSSR count). The summed E-state index contributed by atoms with van der Waals surface area (Å²) in [7, 11) is 4.35. The zero-order valence-corrected chi connectivity index (χ0v) is 19.0. The van der Waals surface area contributed by atoms with Crippen LogP contribution in [0.5, 0.6) is 17.2 Å². The molecule has 33 heavy (non-hydrogen) atoms. The first-order chi connectivity index (χ1) is 16.0. The highest BCUT2D eigenvalue weighted by molar-refractivity contribution is 6.01. The molecule has 3 N–H and O–H groups in total. The van der Waals surface area contributed by atoms with Gasteiger partial charge in [-0.2, -0.15) is 0 Å². The van der Waals surface area contributed by atoms with Gasteiger partial charge in [0.15, 0.2) is 11.5 Å². The maximum Gasteiger partial charge on any atom is 0.269 e. The molecule has 9 nitrogen and oxygen atoms in total. The largest absolute Gasteiger partial charge is 0.493 e. The molecule has 3 amide bonds. The monoisotopic (exact) mass is 455 g/mol. The van der Waals surface area contributed by atoms with Crippen molar-refractivity contribution in [1.29, 1.82) is 0 Å². The summed E-state index contributed by atoms with van der Waals surface area (Å²) < 4.78 is 15.7. The Morgan fingerprint density at radius 1 is 0.788 bits per heavy atom. The van der Waals surface area contributed by atoms with Gasteiger partial charge in [-0.1, -0.05) is 25.3 Å². The van der Waals surface area contributed by atoms with E-state index in [-0.39, 0.29) is 17.4 Å². The lowest BCUT2D eigenvalue weighted by Crippen LogP contribution is -2.41. The molecule has 0 atom stereocenters. The van der Waals surface area contributed by atoms with Crippen molar-refractivity contribution < 1.29 is 28.6 Å². The van der Waals surface area contributed by atoms with Crippen molar-refractivity contribution in [1.82, 2.24) is 10.9 Å². The summed E-state index contributed by atoms with van der Waals surface area (Å²) in [5.74, 6) is -0.122. The van der Waals surface area contributed by atoms with Crippen LogP contribution in [0.2, 0.25) is 0 Å². The number of benzene rings is 2. The number of carbonyl (C=O) groups is 3. The first kappa shape index (κ1) is 23.9. The Bertz CT molecular complexity index is 992.